The van der Waals surface area contributed by atoms with E-state index < -0.39 is 0 Å². The molecular weight excluding hydrogens is 215 g/mol. The topological polar surface area (TPSA) is 20.2 Å². The minimum absolute atomic E-state index is 0.0287. The molecule has 0 aromatic heterocycles. The van der Waals surface area contributed by atoms with Crippen molar-refractivity contribution in [1.29, 1.82) is 0 Å². The first-order valence-corrected chi connectivity index (χ1v) is 5.81. The zero-order valence-corrected chi connectivity index (χ0v) is 10.2. The molecule has 1 aliphatic carbocycles. The number of aliphatic hydroxyl groups excluding tert-OH is 1. The molecule has 0 atom stereocenters. The van der Waals surface area contributed by atoms with E-state index in [0.717, 1.165) is 24.0 Å². The molecule has 0 unspecified atom stereocenters. The number of hydrogen-bond acceptors (Lipinski definition) is 1. The van der Waals surface area contributed by atoms with Crippen LogP contribution in [0.4, 0.5) is 4.39 Å². The minimum atomic E-state index is 0.0287. The number of hydrogen-bond donors (Lipinski definition) is 1. The lowest BCUT2D eigenvalue weighted by Crippen LogP contribution is -2.02. The summed E-state index contributed by atoms with van der Waals surface area (Å²) in [5.41, 5.74) is 4.69. The molecule has 92 valence electrons. The Hall–Kier alpha value is -1.41. The van der Waals surface area contributed by atoms with Gasteiger partial charge in [-0.1, -0.05) is 42.0 Å². The Bertz CT molecular complexity index is 397. The minimum Gasteiger partial charge on any atom is -0.392 e. The predicted molar refractivity (Wildman–Crippen MR) is 70.2 cm³/mol. The van der Waals surface area contributed by atoms with Gasteiger partial charge in [0.25, 0.3) is 0 Å². The van der Waals surface area contributed by atoms with Gasteiger partial charge in [-0.2, -0.15) is 0 Å². The Labute approximate surface area is 102 Å². The van der Waals surface area contributed by atoms with Crippen LogP contribution in [-0.2, 0) is 0 Å². The third kappa shape index (κ3) is 3.53. The van der Waals surface area contributed by atoms with Crippen molar-refractivity contribution in [3.05, 3.63) is 59.5 Å². The molecule has 0 fully saturated rings. The van der Waals surface area contributed by atoms with E-state index in [1.54, 1.807) is 6.08 Å². The molecule has 0 saturated heterocycles. The average Bonchev–Trinajstić information content (AvgIpc) is 2.35. The molecule has 1 nitrogen and oxygen atoms in total. The molecule has 0 amide bonds. The van der Waals surface area contributed by atoms with E-state index in [4.69, 9.17) is 5.11 Å². The summed E-state index contributed by atoms with van der Waals surface area (Å²) in [6.45, 7) is 5.94. The smallest absolute Gasteiger partial charge is 0.0830 e. The van der Waals surface area contributed by atoms with Crippen molar-refractivity contribution < 1.29 is 9.50 Å². The fourth-order valence-electron chi connectivity index (χ4n) is 2.08. The maximum Gasteiger partial charge on any atom is 0.0830 e. The van der Waals surface area contributed by atoms with Gasteiger partial charge in [0.1, 0.15) is 0 Å². The molecule has 17 heavy (non-hydrogen) atoms. The zero-order valence-electron chi connectivity index (χ0n) is 10.2. The number of allylic oxidation sites excluding steroid dienone is 7. The second kappa shape index (κ2) is 7.02. The van der Waals surface area contributed by atoms with E-state index >= 15 is 0 Å². The summed E-state index contributed by atoms with van der Waals surface area (Å²) in [7, 11) is 0. The third-order valence-corrected chi connectivity index (χ3v) is 2.98. The molecule has 1 N–H and O–H groups in total. The molecule has 0 heterocycles. The highest BCUT2D eigenvalue weighted by molar-refractivity contribution is 5.53. The fourth-order valence-corrected chi connectivity index (χ4v) is 2.08. The number of halogens is 1. The van der Waals surface area contributed by atoms with Crippen LogP contribution in [0.3, 0.4) is 0 Å². The summed E-state index contributed by atoms with van der Waals surface area (Å²) in [5, 5.41) is 8.84. The Morgan fingerprint density at radius 2 is 2.06 bits per heavy atom. The molecule has 1 rings (SSSR count). The molecule has 1 aliphatic rings. The normalized spacial score (nSPS) is 17.6. The molecule has 0 saturated carbocycles. The van der Waals surface area contributed by atoms with Gasteiger partial charge in [0, 0.05) is 0 Å². The molecule has 0 spiro atoms. The van der Waals surface area contributed by atoms with E-state index in [-0.39, 0.29) is 6.61 Å². The van der Waals surface area contributed by atoms with Crippen LogP contribution in [0.15, 0.2) is 59.5 Å². The lowest BCUT2D eigenvalue weighted by atomic mass is 9.84. The summed E-state index contributed by atoms with van der Waals surface area (Å²) in [4.78, 5) is 0. The molecule has 0 aliphatic heterocycles. The van der Waals surface area contributed by atoms with Crippen LogP contribution >= 0.6 is 0 Å². The van der Waals surface area contributed by atoms with Gasteiger partial charge in [0.05, 0.1) is 12.9 Å². The summed E-state index contributed by atoms with van der Waals surface area (Å²) in [5.74, 6) is 0. The van der Waals surface area contributed by atoms with Crippen LogP contribution in [0, 0.1) is 0 Å². The maximum absolute atomic E-state index is 12.1. The van der Waals surface area contributed by atoms with Crippen LogP contribution in [0.25, 0.3) is 0 Å². The SMILES string of the molecule is C=CC1=C(C/C=C/F)CCC(C)=C1/C=C\CO. The molecule has 2 heteroatoms. The Kier molecular flexibility index (Phi) is 5.64. The molecule has 0 bridgehead atoms. The first-order chi connectivity index (χ1) is 8.24. The van der Waals surface area contributed by atoms with Crippen molar-refractivity contribution >= 4 is 0 Å². The Balaban J connectivity index is 3.09. The molecule has 0 aromatic rings. The fraction of sp³-hybridized carbons (Fsp3) is 0.333. The molecule has 0 aromatic carbocycles. The second-order valence-electron chi connectivity index (χ2n) is 4.07. The average molecular weight is 234 g/mol. The van der Waals surface area contributed by atoms with Gasteiger partial charge < -0.3 is 5.11 Å². The van der Waals surface area contributed by atoms with E-state index in [0.29, 0.717) is 12.8 Å². The van der Waals surface area contributed by atoms with Gasteiger partial charge in [-0.15, -0.1) is 0 Å². The highest BCUT2D eigenvalue weighted by Crippen LogP contribution is 2.33. The highest BCUT2D eigenvalue weighted by atomic mass is 19.1. The van der Waals surface area contributed by atoms with Crippen molar-refractivity contribution in [2.75, 3.05) is 6.61 Å². The summed E-state index contributed by atoms with van der Waals surface area (Å²) in [6.07, 6.45) is 10.1. The number of aliphatic hydroxyl groups is 1. The van der Waals surface area contributed by atoms with Crippen molar-refractivity contribution in [2.45, 2.75) is 26.2 Å². The van der Waals surface area contributed by atoms with Gasteiger partial charge in [-0.05, 0) is 37.3 Å². The lowest BCUT2D eigenvalue weighted by molar-refractivity contribution is 0.342. The van der Waals surface area contributed by atoms with Gasteiger partial charge in [0.2, 0.25) is 0 Å². The second-order valence-corrected chi connectivity index (χ2v) is 4.07. The summed E-state index contributed by atoms with van der Waals surface area (Å²) in [6, 6.07) is 0. The largest absolute Gasteiger partial charge is 0.392 e. The van der Waals surface area contributed by atoms with Crippen molar-refractivity contribution in [2.24, 2.45) is 0 Å². The van der Waals surface area contributed by atoms with Gasteiger partial charge in [-0.3, -0.25) is 0 Å². The van der Waals surface area contributed by atoms with E-state index in [2.05, 4.69) is 13.5 Å². The van der Waals surface area contributed by atoms with Crippen molar-refractivity contribution in [3.63, 3.8) is 0 Å². The van der Waals surface area contributed by atoms with E-state index in [1.807, 2.05) is 12.2 Å². The van der Waals surface area contributed by atoms with Gasteiger partial charge in [0.15, 0.2) is 0 Å². The standard InChI is InChI=1S/C15H19FO/c1-3-14-13(6-4-10-16)9-8-12(2)15(14)7-5-11-17/h3-5,7,10,17H,1,6,8-9,11H2,2H3/b7-5-,10-4+. The maximum atomic E-state index is 12.1. The number of rotatable bonds is 5. The lowest BCUT2D eigenvalue weighted by Gasteiger charge is -2.21. The first-order valence-electron chi connectivity index (χ1n) is 5.81. The predicted octanol–water partition coefficient (Wildman–Crippen LogP) is 4.00. The van der Waals surface area contributed by atoms with Crippen LogP contribution in [0.5, 0.6) is 0 Å². The van der Waals surface area contributed by atoms with Crippen LogP contribution in [0.1, 0.15) is 26.2 Å². The molecular formula is C15H19FO. The quantitative estimate of drug-likeness (QED) is 0.762. The van der Waals surface area contributed by atoms with Gasteiger partial charge >= 0.3 is 0 Å². The van der Waals surface area contributed by atoms with Crippen LogP contribution < -0.4 is 0 Å². The first kappa shape index (κ1) is 13.7. The highest BCUT2D eigenvalue weighted by Gasteiger charge is 2.14. The van der Waals surface area contributed by atoms with Gasteiger partial charge in [-0.25, -0.2) is 4.39 Å². The third-order valence-electron chi connectivity index (χ3n) is 2.98. The van der Waals surface area contributed by atoms with E-state index in [1.165, 1.54) is 17.2 Å². The van der Waals surface area contributed by atoms with Crippen molar-refractivity contribution in [1.82, 2.24) is 0 Å². The van der Waals surface area contributed by atoms with E-state index in [9.17, 15) is 4.39 Å². The zero-order chi connectivity index (χ0) is 12.7. The van der Waals surface area contributed by atoms with Crippen molar-refractivity contribution in [3.8, 4) is 0 Å². The molecule has 0 radical (unpaired) electrons. The van der Waals surface area contributed by atoms with Crippen LogP contribution in [-0.4, -0.2) is 11.7 Å². The Morgan fingerprint density at radius 3 is 2.65 bits per heavy atom. The summed E-state index contributed by atoms with van der Waals surface area (Å²) < 4.78 is 12.1. The monoisotopic (exact) mass is 234 g/mol. The van der Waals surface area contributed by atoms with Crippen LogP contribution in [0.2, 0.25) is 0 Å². The Morgan fingerprint density at radius 1 is 1.29 bits per heavy atom. The summed E-state index contributed by atoms with van der Waals surface area (Å²) >= 11 is 0.